The molecule has 1 N–H and O–H groups in total. The summed E-state index contributed by atoms with van der Waals surface area (Å²) >= 11 is 18.2. The van der Waals surface area contributed by atoms with Gasteiger partial charge in [0.15, 0.2) is 0 Å². The van der Waals surface area contributed by atoms with Gasteiger partial charge in [-0.2, -0.15) is 0 Å². The van der Waals surface area contributed by atoms with Crippen LogP contribution in [0.15, 0.2) is 18.2 Å². The van der Waals surface area contributed by atoms with Crippen LogP contribution in [0.25, 0.3) is 0 Å². The van der Waals surface area contributed by atoms with Crippen molar-refractivity contribution >= 4 is 40.7 Å². The van der Waals surface area contributed by atoms with E-state index in [2.05, 4.69) is 5.32 Å². The smallest absolute Gasteiger partial charge is 0.226 e. The van der Waals surface area contributed by atoms with Gasteiger partial charge in [0.1, 0.15) is 0 Å². The summed E-state index contributed by atoms with van der Waals surface area (Å²) in [5.74, 6) is 0.0224. The van der Waals surface area contributed by atoms with E-state index in [0.717, 1.165) is 5.56 Å². The summed E-state index contributed by atoms with van der Waals surface area (Å²) in [6.07, 6.45) is 1.38. The van der Waals surface area contributed by atoms with E-state index in [1.807, 2.05) is 26.8 Å². The van der Waals surface area contributed by atoms with Crippen molar-refractivity contribution in [1.82, 2.24) is 5.32 Å². The minimum Gasteiger partial charge on any atom is -0.349 e. The Morgan fingerprint density at radius 3 is 2.40 bits per heavy atom. The van der Waals surface area contributed by atoms with Crippen molar-refractivity contribution in [3.8, 4) is 0 Å². The molecule has 1 saturated carbocycles. The van der Waals surface area contributed by atoms with Crippen molar-refractivity contribution in [3.63, 3.8) is 0 Å². The first kappa shape index (κ1) is 15.9. The van der Waals surface area contributed by atoms with Gasteiger partial charge in [-0.15, -0.1) is 11.6 Å². The normalized spacial score (nSPS) is 30.5. The first-order valence-electron chi connectivity index (χ1n) is 6.58. The molecule has 0 aromatic heterocycles. The van der Waals surface area contributed by atoms with E-state index in [1.165, 1.54) is 0 Å². The summed E-state index contributed by atoms with van der Waals surface area (Å²) in [5, 5.41) is 4.16. The van der Waals surface area contributed by atoms with E-state index in [1.54, 1.807) is 12.1 Å². The fourth-order valence-electron chi connectivity index (χ4n) is 3.04. The topological polar surface area (TPSA) is 29.1 Å². The maximum absolute atomic E-state index is 12.4. The Labute approximate surface area is 134 Å². The number of alkyl halides is 1. The zero-order valence-corrected chi connectivity index (χ0v) is 14.0. The Balaban J connectivity index is 2.05. The number of hydrogen-bond donors (Lipinski definition) is 1. The summed E-state index contributed by atoms with van der Waals surface area (Å²) in [6.45, 7) is 5.82. The quantitative estimate of drug-likeness (QED) is 0.777. The highest BCUT2D eigenvalue weighted by Crippen LogP contribution is 2.52. The molecule has 0 unspecified atom stereocenters. The molecule has 1 aromatic carbocycles. The lowest BCUT2D eigenvalue weighted by molar-refractivity contribution is -0.137. The number of amides is 1. The number of carbonyl (C=O) groups is 1. The summed E-state index contributed by atoms with van der Waals surface area (Å²) in [5.41, 5.74) is 0.477. The van der Waals surface area contributed by atoms with Crippen LogP contribution in [-0.2, 0) is 4.79 Å². The predicted octanol–water partition coefficient (Wildman–Crippen LogP) is 4.97. The number of halogens is 3. The lowest BCUT2D eigenvalue weighted by Gasteiger charge is -2.48. The molecule has 0 aliphatic heterocycles. The number of carbonyl (C=O) groups excluding carboxylic acids is 1. The van der Waals surface area contributed by atoms with Crippen LogP contribution in [-0.4, -0.2) is 10.8 Å². The zero-order chi connectivity index (χ0) is 15.1. The van der Waals surface area contributed by atoms with E-state index in [0.29, 0.717) is 22.9 Å². The van der Waals surface area contributed by atoms with Gasteiger partial charge in [0, 0.05) is 20.3 Å². The van der Waals surface area contributed by atoms with Gasteiger partial charge in [-0.1, -0.05) is 36.2 Å². The van der Waals surface area contributed by atoms with Crippen LogP contribution in [0.3, 0.4) is 0 Å². The number of rotatable bonds is 3. The lowest BCUT2D eigenvalue weighted by Crippen LogP contribution is -2.53. The zero-order valence-electron chi connectivity index (χ0n) is 11.8. The third kappa shape index (κ3) is 3.24. The number of hydrogen-bond acceptors (Lipinski definition) is 1. The monoisotopic (exact) mass is 333 g/mol. The molecule has 1 fully saturated rings. The van der Waals surface area contributed by atoms with Crippen LogP contribution in [0.4, 0.5) is 0 Å². The Morgan fingerprint density at radius 1 is 1.30 bits per heavy atom. The van der Waals surface area contributed by atoms with Gasteiger partial charge >= 0.3 is 0 Å². The average molecular weight is 335 g/mol. The van der Waals surface area contributed by atoms with Crippen molar-refractivity contribution in [2.45, 2.75) is 44.5 Å². The van der Waals surface area contributed by atoms with Gasteiger partial charge in [0.25, 0.3) is 0 Å². The fraction of sp³-hybridized carbons (Fsp3) is 0.533. The van der Waals surface area contributed by atoms with Gasteiger partial charge in [0.2, 0.25) is 5.91 Å². The minimum absolute atomic E-state index is 0.0224. The Bertz CT molecular complexity index is 534. The van der Waals surface area contributed by atoms with Gasteiger partial charge < -0.3 is 5.32 Å². The van der Waals surface area contributed by atoms with E-state index in [9.17, 15) is 4.79 Å². The molecule has 5 heteroatoms. The highest BCUT2D eigenvalue weighted by atomic mass is 35.5. The van der Waals surface area contributed by atoms with Crippen LogP contribution >= 0.6 is 34.8 Å². The van der Waals surface area contributed by atoms with E-state index in [4.69, 9.17) is 34.8 Å². The number of nitrogens with one attached hydrogen (secondary N) is 1. The predicted molar refractivity (Wildman–Crippen MR) is 84.6 cm³/mol. The fourth-order valence-corrected chi connectivity index (χ4v) is 4.20. The van der Waals surface area contributed by atoms with E-state index >= 15 is 0 Å². The molecule has 2 nitrogen and oxygen atoms in total. The third-order valence-electron chi connectivity index (χ3n) is 3.84. The second-order valence-corrected chi connectivity index (χ2v) is 7.94. The van der Waals surface area contributed by atoms with E-state index < -0.39 is 0 Å². The largest absolute Gasteiger partial charge is 0.349 e. The molecule has 1 aromatic rings. The first-order chi connectivity index (χ1) is 9.13. The maximum Gasteiger partial charge on any atom is 0.226 e. The molecule has 0 saturated heterocycles. The Morgan fingerprint density at radius 2 is 1.90 bits per heavy atom. The van der Waals surface area contributed by atoms with Crippen LogP contribution in [0, 0.1) is 5.41 Å². The van der Waals surface area contributed by atoms with Crippen molar-refractivity contribution in [2.24, 2.45) is 5.41 Å². The van der Waals surface area contributed by atoms with Gasteiger partial charge in [-0.05, 0) is 44.4 Å². The molecule has 110 valence electrons. The molecule has 1 aliphatic rings. The molecule has 1 atom stereocenters. The third-order valence-corrected chi connectivity index (χ3v) is 4.67. The van der Waals surface area contributed by atoms with Crippen molar-refractivity contribution in [1.29, 1.82) is 0 Å². The molecule has 0 spiro atoms. The molecule has 1 aliphatic carbocycles. The standard InChI is InChI=1S/C15H18Cl3NO/c1-9(11-5-4-10(16)6-12(11)17)19-13(20)14(2)7-15(3,18)8-14/h4-6,9H,7-8H2,1-3H3,(H,19,20)/t9-,14?,15?/m1/s1. The summed E-state index contributed by atoms with van der Waals surface area (Å²) < 4.78 is 0. The van der Waals surface area contributed by atoms with Gasteiger partial charge in [-0.25, -0.2) is 0 Å². The molecule has 0 bridgehead atoms. The second-order valence-electron chi connectivity index (χ2n) is 6.19. The van der Waals surface area contributed by atoms with Crippen molar-refractivity contribution in [2.75, 3.05) is 0 Å². The highest BCUT2D eigenvalue weighted by Gasteiger charge is 2.52. The average Bonchev–Trinajstić information content (AvgIpc) is 2.25. The first-order valence-corrected chi connectivity index (χ1v) is 7.71. The molecule has 1 amide bonds. The SMILES string of the molecule is C[C@@H](NC(=O)C1(C)CC(C)(Cl)C1)c1ccc(Cl)cc1Cl. The molecular formula is C15H18Cl3NO. The van der Waals surface area contributed by atoms with Gasteiger partial charge in [-0.3, -0.25) is 4.79 Å². The molecule has 0 radical (unpaired) electrons. The van der Waals surface area contributed by atoms with Crippen LogP contribution in [0.2, 0.25) is 10.0 Å². The highest BCUT2D eigenvalue weighted by molar-refractivity contribution is 6.35. The van der Waals surface area contributed by atoms with Crippen molar-refractivity contribution in [3.05, 3.63) is 33.8 Å². The molecule has 20 heavy (non-hydrogen) atoms. The number of benzene rings is 1. The van der Waals surface area contributed by atoms with Crippen LogP contribution < -0.4 is 5.32 Å². The van der Waals surface area contributed by atoms with E-state index in [-0.39, 0.29) is 22.2 Å². The Kier molecular flexibility index (Phi) is 4.30. The van der Waals surface area contributed by atoms with Crippen LogP contribution in [0.1, 0.15) is 45.2 Å². The molecular weight excluding hydrogens is 317 g/mol. The second kappa shape index (κ2) is 5.40. The lowest BCUT2D eigenvalue weighted by atomic mass is 9.62. The molecule has 2 rings (SSSR count). The maximum atomic E-state index is 12.4. The molecule has 0 heterocycles. The minimum atomic E-state index is -0.385. The summed E-state index contributed by atoms with van der Waals surface area (Å²) in [4.78, 5) is 12.1. The summed E-state index contributed by atoms with van der Waals surface area (Å²) in [6, 6.07) is 5.13. The summed E-state index contributed by atoms with van der Waals surface area (Å²) in [7, 11) is 0. The van der Waals surface area contributed by atoms with Gasteiger partial charge in [0.05, 0.1) is 6.04 Å². The van der Waals surface area contributed by atoms with Crippen molar-refractivity contribution < 1.29 is 4.79 Å². The van der Waals surface area contributed by atoms with Crippen LogP contribution in [0.5, 0.6) is 0 Å². The Hall–Kier alpha value is -0.440.